The number of hydrogen-bond acceptors (Lipinski definition) is 12. The van der Waals surface area contributed by atoms with Gasteiger partial charge in [0.25, 0.3) is 0 Å². The van der Waals surface area contributed by atoms with Crippen molar-refractivity contribution in [3.8, 4) is 5.75 Å². The molecule has 2 heterocycles. The van der Waals surface area contributed by atoms with Crippen molar-refractivity contribution in [1.82, 2.24) is 16.0 Å². The monoisotopic (exact) mass is 1160 g/mol. The number of Topliss-reactive ketones (excluding diaryl/α,β-unsaturated/α-hetero) is 1. The molecule has 4 aromatic carbocycles. The van der Waals surface area contributed by atoms with Gasteiger partial charge < -0.3 is 58.5 Å². The van der Waals surface area contributed by atoms with Gasteiger partial charge in [0.2, 0.25) is 5.91 Å². The van der Waals surface area contributed by atoms with Crippen LogP contribution in [0.3, 0.4) is 0 Å². The lowest BCUT2D eigenvalue weighted by Crippen LogP contribution is -2.59. The van der Waals surface area contributed by atoms with Crippen molar-refractivity contribution in [1.29, 1.82) is 0 Å². The zero-order valence-electron chi connectivity index (χ0n) is 50.2. The van der Waals surface area contributed by atoms with E-state index >= 15 is 4.79 Å². The van der Waals surface area contributed by atoms with Crippen molar-refractivity contribution in [2.45, 2.75) is 159 Å². The van der Waals surface area contributed by atoms with Crippen molar-refractivity contribution < 1.29 is 40.2 Å². The highest BCUT2D eigenvalue weighted by Crippen LogP contribution is 2.63. The highest BCUT2D eigenvalue weighted by atomic mass is 16.3. The number of aromatic hydroxyl groups is 1. The Morgan fingerprint density at radius 1 is 0.941 bits per heavy atom. The molecular formula is C70H93N7O8. The Labute approximate surface area is 503 Å². The topological polar surface area (TPSA) is 282 Å². The predicted molar refractivity (Wildman–Crippen MR) is 337 cm³/mol. The van der Waals surface area contributed by atoms with Gasteiger partial charge in [-0.1, -0.05) is 134 Å². The Hall–Kier alpha value is -6.53. The number of nitrogens with zero attached hydrogens (tertiary/aromatic N) is 1. The fraction of sp³-hybridized carbons (Fsp3) is 0.471. The summed E-state index contributed by atoms with van der Waals surface area (Å²) >= 11 is 0. The van der Waals surface area contributed by atoms with Crippen molar-refractivity contribution in [2.75, 3.05) is 26.2 Å². The number of ketones is 1. The molecule has 1 amide bonds. The first kappa shape index (κ1) is 64.5. The fourth-order valence-corrected chi connectivity index (χ4v) is 14.5. The number of fused-ring (bicyclic) bond motifs is 4. The number of guanidine groups is 1. The SMILES string of the molecule is C=C(C=CC=C(CO)C1CCC2(C3CCC(O)Cc4cccc(c4)CC(C(CN=C(N)N)c4ccc(O)cc4)C(O)CNC4C(=O)NC(N)c5cccc(c54)CC(=O)C(C)=C3CCC2(C)O)C1O)C(CC=C(C)CCCc1ccccc1)NCC. The van der Waals surface area contributed by atoms with Gasteiger partial charge in [0.15, 0.2) is 11.7 Å². The van der Waals surface area contributed by atoms with Crippen LogP contribution in [0.2, 0.25) is 0 Å². The van der Waals surface area contributed by atoms with E-state index in [0.717, 1.165) is 60.1 Å². The van der Waals surface area contributed by atoms with Crippen LogP contribution >= 0.6 is 0 Å². The summed E-state index contributed by atoms with van der Waals surface area (Å²) < 4.78 is 0. The van der Waals surface area contributed by atoms with Gasteiger partial charge in [-0.05, 0) is 184 Å². The van der Waals surface area contributed by atoms with Crippen molar-refractivity contribution >= 4 is 17.6 Å². The van der Waals surface area contributed by atoms with E-state index in [2.05, 4.69) is 71.7 Å². The normalized spacial score (nSPS) is 27.9. The number of carbonyl (C=O) groups excluding carboxylic acids is 2. The van der Waals surface area contributed by atoms with Gasteiger partial charge >= 0.3 is 0 Å². The lowest BCUT2D eigenvalue weighted by molar-refractivity contribution is -0.168. The van der Waals surface area contributed by atoms with Crippen LogP contribution in [0.5, 0.6) is 5.75 Å². The molecule has 0 saturated heterocycles. The second-order valence-corrected chi connectivity index (χ2v) is 24.7. The lowest BCUT2D eigenvalue weighted by atomic mass is 9.52. The molecule has 1 spiro atoms. The third-order valence-electron chi connectivity index (χ3n) is 19.2. The van der Waals surface area contributed by atoms with Crippen LogP contribution in [-0.4, -0.2) is 104 Å². The van der Waals surface area contributed by atoms with E-state index in [9.17, 15) is 35.4 Å². The molecule has 456 valence electrons. The number of allylic oxidation sites excluding steroid dienone is 5. The van der Waals surface area contributed by atoms with Crippen LogP contribution in [0.4, 0.5) is 0 Å². The highest BCUT2D eigenvalue weighted by molar-refractivity contribution is 5.98. The Bertz CT molecular complexity index is 3110. The summed E-state index contributed by atoms with van der Waals surface area (Å²) in [7, 11) is 0. The molecule has 0 radical (unpaired) electrons. The maximum Gasteiger partial charge on any atom is 0.243 e. The number of hydrogen-bond donors (Lipinski definition) is 12. The van der Waals surface area contributed by atoms with Gasteiger partial charge in [-0.3, -0.25) is 19.9 Å². The average Bonchev–Trinajstić information content (AvgIpc) is 1.71. The third-order valence-corrected chi connectivity index (χ3v) is 19.2. The standard InChI is InChI=1S/C70H93N7O8/c1-6-74-60(31-24-43(2)14-10-18-46-16-8-7-9-17-46)44(3)15-11-22-51(42-78)55-33-35-70(65(55)83)59-30-29-53(80)37-47-19-12-20-48(36-47)38-57(58(40-76-68(72)73)49-25-27-52(79)28-26-49)62(82)41-75-64-63-50(21-13-23-56(63)66(71)77-67(64)84)39-61(81)45(4)54(59)32-34-69(70,5)85/h7-9,11-13,15-17,19-28,36,53,55,57-60,62,64-66,74-75,78-80,82-83,85H,3,6,10,14,18,29-35,37-42,71H2,1-2,4-5H3,(H,77,84)(H4,72,73,76). The van der Waals surface area contributed by atoms with Crippen molar-refractivity contribution in [2.24, 2.45) is 45.4 Å². The van der Waals surface area contributed by atoms with Gasteiger partial charge in [-0.15, -0.1) is 0 Å². The second kappa shape index (κ2) is 29.2. The molecule has 2 aliphatic heterocycles. The number of rotatable bonds is 17. The van der Waals surface area contributed by atoms with Gasteiger partial charge in [0.1, 0.15) is 18.0 Å². The third kappa shape index (κ3) is 15.4. The molecule has 0 aromatic heterocycles. The number of aliphatic hydroxyl groups excluding tert-OH is 4. The number of phenols is 1. The molecule has 12 atom stereocenters. The number of carbonyl (C=O) groups is 2. The van der Waals surface area contributed by atoms with Gasteiger partial charge in [0.05, 0.1) is 30.5 Å². The number of β-amino-alcohol motifs (C(OH)–C–C–N with tert-alkyl or cyclic N) is 1. The molecule has 2 bridgehead atoms. The first-order valence-electron chi connectivity index (χ1n) is 30.7. The average molecular weight is 1160 g/mol. The van der Waals surface area contributed by atoms with Crippen LogP contribution < -0.4 is 33.2 Å². The molecule has 15 heteroatoms. The Balaban J connectivity index is 1.12. The first-order chi connectivity index (χ1) is 40.7. The summed E-state index contributed by atoms with van der Waals surface area (Å²) in [5.41, 5.74) is 25.7. The number of nitrogens with two attached hydrogens (primary N) is 3. The summed E-state index contributed by atoms with van der Waals surface area (Å²) in [6, 6.07) is 29.6. The van der Waals surface area contributed by atoms with E-state index in [-0.39, 0.29) is 68.9 Å². The zero-order valence-corrected chi connectivity index (χ0v) is 50.2. The molecule has 85 heavy (non-hydrogen) atoms. The maximum absolute atomic E-state index is 15.2. The molecule has 4 aromatic rings. The van der Waals surface area contributed by atoms with Crippen LogP contribution in [0.25, 0.3) is 0 Å². The Morgan fingerprint density at radius 2 is 1.67 bits per heavy atom. The zero-order chi connectivity index (χ0) is 61.0. The second-order valence-electron chi connectivity index (χ2n) is 24.7. The highest BCUT2D eigenvalue weighted by Gasteiger charge is 2.64. The van der Waals surface area contributed by atoms with Gasteiger partial charge in [-0.2, -0.15) is 0 Å². The van der Waals surface area contributed by atoms with E-state index in [0.29, 0.717) is 59.9 Å². The van der Waals surface area contributed by atoms with Crippen LogP contribution in [0.1, 0.15) is 143 Å². The molecule has 2 saturated carbocycles. The predicted octanol–water partition coefficient (Wildman–Crippen LogP) is 7.80. The molecule has 2 fully saturated rings. The van der Waals surface area contributed by atoms with Gasteiger partial charge in [0, 0.05) is 42.8 Å². The van der Waals surface area contributed by atoms with E-state index in [1.165, 1.54) is 11.1 Å². The molecule has 2 aliphatic carbocycles. The first-order valence-corrected chi connectivity index (χ1v) is 30.7. The molecule has 15 N–H and O–H groups in total. The van der Waals surface area contributed by atoms with Crippen molar-refractivity contribution in [3.05, 3.63) is 195 Å². The van der Waals surface area contributed by atoms with E-state index < -0.39 is 71.1 Å². The Morgan fingerprint density at radius 3 is 2.39 bits per heavy atom. The minimum Gasteiger partial charge on any atom is -0.508 e. The lowest BCUT2D eigenvalue weighted by Gasteiger charge is -2.56. The van der Waals surface area contributed by atoms with Crippen LogP contribution in [0, 0.1) is 23.2 Å². The summed E-state index contributed by atoms with van der Waals surface area (Å²) in [5.74, 6) is -2.75. The minimum absolute atomic E-state index is 0.00184. The summed E-state index contributed by atoms with van der Waals surface area (Å²) in [6.45, 7) is 12.8. The van der Waals surface area contributed by atoms with Crippen LogP contribution in [0.15, 0.2) is 161 Å². The minimum atomic E-state index is -1.40. The fourth-order valence-electron chi connectivity index (χ4n) is 14.5. The maximum atomic E-state index is 15.2. The quantitative estimate of drug-likeness (QED) is 0.0208. The number of amides is 1. The number of benzene rings is 4. The molecule has 4 aliphatic rings. The summed E-state index contributed by atoms with van der Waals surface area (Å²) in [5, 5.41) is 81.7. The van der Waals surface area contributed by atoms with E-state index in [1.807, 2.05) is 73.7 Å². The molecule has 12 unspecified atom stereocenters. The van der Waals surface area contributed by atoms with Crippen LogP contribution in [-0.2, 0) is 35.3 Å². The van der Waals surface area contributed by atoms with E-state index in [1.54, 1.807) is 31.2 Å². The number of phenolic OH excluding ortho intramolecular Hbond substituents is 1. The smallest absolute Gasteiger partial charge is 0.243 e. The Kier molecular flexibility index (Phi) is 22.2. The number of aliphatic imine (C=N–C) groups is 1. The summed E-state index contributed by atoms with van der Waals surface area (Å²) in [4.78, 5) is 33.8. The number of likely N-dealkylation sites (N-methyl/N-ethyl adjacent to an activating group) is 1. The van der Waals surface area contributed by atoms with Crippen molar-refractivity contribution in [3.63, 3.8) is 0 Å². The molecule has 15 nitrogen and oxygen atoms in total. The number of aliphatic hydroxyl groups is 5. The molecular weight excluding hydrogens is 1070 g/mol. The molecule has 8 rings (SSSR count). The number of aryl methyl sites for hydroxylation is 1. The van der Waals surface area contributed by atoms with E-state index in [4.69, 9.17) is 17.2 Å². The van der Waals surface area contributed by atoms with Gasteiger partial charge in [-0.25, -0.2) is 0 Å². The number of nitrogens with one attached hydrogen (secondary N) is 3. The summed E-state index contributed by atoms with van der Waals surface area (Å²) in [6.07, 6.45) is 10.7. The largest absolute Gasteiger partial charge is 0.508 e.